The number of rotatable bonds is 5. The number of benzene rings is 1. The van der Waals surface area contributed by atoms with Crippen molar-refractivity contribution in [2.24, 2.45) is 0 Å². The van der Waals surface area contributed by atoms with Gasteiger partial charge in [-0.1, -0.05) is 5.16 Å². The summed E-state index contributed by atoms with van der Waals surface area (Å²) in [5.74, 6) is 0.811. The van der Waals surface area contributed by atoms with Crippen molar-refractivity contribution in [3.63, 3.8) is 0 Å². The van der Waals surface area contributed by atoms with Crippen molar-refractivity contribution in [2.45, 2.75) is 33.4 Å². The van der Waals surface area contributed by atoms with Crippen LogP contribution >= 0.6 is 11.3 Å². The Hall–Kier alpha value is -2.05. The molecule has 1 aromatic carbocycles. The second-order valence-electron chi connectivity index (χ2n) is 6.04. The molecule has 6 heteroatoms. The van der Waals surface area contributed by atoms with Gasteiger partial charge in [-0.05, 0) is 68.6 Å². The van der Waals surface area contributed by atoms with E-state index in [2.05, 4.69) is 33.4 Å². The van der Waals surface area contributed by atoms with E-state index in [9.17, 15) is 4.39 Å². The van der Waals surface area contributed by atoms with Crippen LogP contribution in [0.2, 0.25) is 0 Å². The lowest BCUT2D eigenvalue weighted by Gasteiger charge is -2.21. The zero-order valence-electron chi connectivity index (χ0n) is 14.2. The molecule has 0 amide bonds. The fraction of sp³-hybridized carbons (Fsp3) is 0.333. The molecule has 4 nitrogen and oxygen atoms in total. The molecule has 2 heterocycles. The highest BCUT2D eigenvalue weighted by Gasteiger charge is 2.20. The van der Waals surface area contributed by atoms with Gasteiger partial charge in [-0.15, -0.1) is 11.3 Å². The molecule has 0 aliphatic rings. The number of aryl methyl sites for hydroxylation is 2. The van der Waals surface area contributed by atoms with Crippen LogP contribution in [0.1, 0.15) is 34.9 Å². The maximum atomic E-state index is 13.4. The van der Waals surface area contributed by atoms with Crippen molar-refractivity contribution in [3.05, 3.63) is 57.4 Å². The van der Waals surface area contributed by atoms with Gasteiger partial charge in [0, 0.05) is 17.0 Å². The number of halogens is 1. The Bertz CT molecular complexity index is 842. The van der Waals surface area contributed by atoms with Gasteiger partial charge >= 0.3 is 0 Å². The topological polar surface area (TPSA) is 42.2 Å². The van der Waals surface area contributed by atoms with E-state index in [0.29, 0.717) is 17.3 Å². The lowest BCUT2D eigenvalue weighted by atomic mass is 10.1. The molecular formula is C18H20FN3OS. The molecule has 1 unspecified atom stereocenters. The van der Waals surface area contributed by atoms with Gasteiger partial charge in [0.1, 0.15) is 5.82 Å². The van der Waals surface area contributed by atoms with Gasteiger partial charge in [-0.2, -0.15) is 4.98 Å². The average Bonchev–Trinajstić information content (AvgIpc) is 3.19. The molecule has 0 bridgehead atoms. The van der Waals surface area contributed by atoms with E-state index in [-0.39, 0.29) is 11.9 Å². The second-order valence-corrected chi connectivity index (χ2v) is 7.04. The fourth-order valence-corrected chi connectivity index (χ4v) is 3.39. The van der Waals surface area contributed by atoms with Gasteiger partial charge in [0.2, 0.25) is 11.7 Å². The largest absolute Gasteiger partial charge is 0.337 e. The van der Waals surface area contributed by atoms with Crippen molar-refractivity contribution < 1.29 is 8.91 Å². The van der Waals surface area contributed by atoms with E-state index in [1.807, 2.05) is 14.0 Å². The fourth-order valence-electron chi connectivity index (χ4n) is 2.42. The molecule has 1 atom stereocenters. The minimum Gasteiger partial charge on any atom is -0.337 e. The number of thiophene rings is 1. The van der Waals surface area contributed by atoms with Crippen molar-refractivity contribution >= 4 is 11.3 Å². The molecule has 0 radical (unpaired) electrons. The van der Waals surface area contributed by atoms with E-state index in [1.165, 1.54) is 16.5 Å². The van der Waals surface area contributed by atoms with E-state index < -0.39 is 0 Å². The molecule has 0 aliphatic heterocycles. The third-order valence-electron chi connectivity index (χ3n) is 4.24. The number of hydrogen-bond acceptors (Lipinski definition) is 5. The molecular weight excluding hydrogens is 325 g/mol. The Morgan fingerprint density at radius 2 is 2.04 bits per heavy atom. The molecule has 3 rings (SSSR count). The zero-order chi connectivity index (χ0) is 17.3. The lowest BCUT2D eigenvalue weighted by molar-refractivity contribution is 0.204. The summed E-state index contributed by atoms with van der Waals surface area (Å²) >= 11 is 1.75. The Kier molecular flexibility index (Phi) is 4.78. The standard InChI is InChI=1S/C18H20FN3OS/c1-11-7-8-24-16(11)10-22(4)13(3)18-20-17(21-23-18)14-5-6-15(19)12(2)9-14/h5-9,13H,10H2,1-4H3. The van der Waals surface area contributed by atoms with Crippen molar-refractivity contribution in [3.8, 4) is 11.4 Å². The normalized spacial score (nSPS) is 12.8. The molecule has 0 saturated carbocycles. The van der Waals surface area contributed by atoms with Crippen molar-refractivity contribution in [1.82, 2.24) is 15.0 Å². The van der Waals surface area contributed by atoms with Crippen LogP contribution in [0.4, 0.5) is 4.39 Å². The summed E-state index contributed by atoms with van der Waals surface area (Å²) in [5.41, 5.74) is 2.62. The maximum Gasteiger partial charge on any atom is 0.244 e. The van der Waals surface area contributed by atoms with E-state index in [0.717, 1.165) is 12.1 Å². The summed E-state index contributed by atoms with van der Waals surface area (Å²) in [4.78, 5) is 7.99. The number of nitrogens with zero attached hydrogens (tertiary/aromatic N) is 3. The first kappa shape index (κ1) is 16.8. The highest BCUT2D eigenvalue weighted by molar-refractivity contribution is 7.10. The smallest absolute Gasteiger partial charge is 0.244 e. The minimum atomic E-state index is -0.234. The summed E-state index contributed by atoms with van der Waals surface area (Å²) in [7, 11) is 2.04. The monoisotopic (exact) mass is 345 g/mol. The molecule has 0 aliphatic carbocycles. The summed E-state index contributed by atoms with van der Waals surface area (Å²) in [6, 6.07) is 6.94. The van der Waals surface area contributed by atoms with Crippen LogP contribution in [-0.2, 0) is 6.54 Å². The Morgan fingerprint density at radius 3 is 2.71 bits per heavy atom. The first-order valence-corrected chi connectivity index (χ1v) is 8.67. The second kappa shape index (κ2) is 6.83. The first-order chi connectivity index (χ1) is 11.5. The zero-order valence-corrected chi connectivity index (χ0v) is 15.0. The highest BCUT2D eigenvalue weighted by atomic mass is 32.1. The van der Waals surface area contributed by atoms with Crippen molar-refractivity contribution in [2.75, 3.05) is 7.05 Å². The third-order valence-corrected chi connectivity index (χ3v) is 5.25. The Labute approximate surface area is 144 Å². The molecule has 0 spiro atoms. The van der Waals surface area contributed by atoms with Gasteiger partial charge < -0.3 is 4.52 Å². The third kappa shape index (κ3) is 3.39. The molecule has 0 N–H and O–H groups in total. The average molecular weight is 345 g/mol. The van der Waals surface area contributed by atoms with Gasteiger partial charge in [0.15, 0.2) is 0 Å². The molecule has 0 fully saturated rings. The van der Waals surface area contributed by atoms with Crippen LogP contribution in [0, 0.1) is 19.7 Å². The predicted octanol–water partition coefficient (Wildman–Crippen LogP) is 4.75. The molecule has 3 aromatic rings. The number of aromatic nitrogens is 2. The quantitative estimate of drug-likeness (QED) is 0.669. The van der Waals surface area contributed by atoms with Gasteiger partial charge in [0.05, 0.1) is 6.04 Å². The molecule has 2 aromatic heterocycles. The van der Waals surface area contributed by atoms with Gasteiger partial charge in [-0.3, -0.25) is 4.90 Å². The van der Waals surface area contributed by atoms with Crippen molar-refractivity contribution in [1.29, 1.82) is 0 Å². The summed E-state index contributed by atoms with van der Waals surface area (Å²) < 4.78 is 18.8. The van der Waals surface area contributed by atoms with Crippen LogP contribution in [0.25, 0.3) is 11.4 Å². The van der Waals surface area contributed by atoms with E-state index >= 15 is 0 Å². The van der Waals surface area contributed by atoms with E-state index in [4.69, 9.17) is 4.52 Å². The Morgan fingerprint density at radius 1 is 1.25 bits per heavy atom. The Balaban J connectivity index is 1.76. The highest BCUT2D eigenvalue weighted by Crippen LogP contribution is 2.25. The van der Waals surface area contributed by atoms with Crippen LogP contribution in [0.5, 0.6) is 0 Å². The maximum absolute atomic E-state index is 13.4. The first-order valence-electron chi connectivity index (χ1n) is 7.79. The lowest BCUT2D eigenvalue weighted by Crippen LogP contribution is -2.22. The minimum absolute atomic E-state index is 0.00528. The van der Waals surface area contributed by atoms with Crippen LogP contribution in [0.15, 0.2) is 34.2 Å². The molecule has 126 valence electrons. The van der Waals surface area contributed by atoms with Gasteiger partial charge in [0.25, 0.3) is 0 Å². The predicted molar refractivity (Wildman–Crippen MR) is 93.4 cm³/mol. The number of hydrogen-bond donors (Lipinski definition) is 0. The van der Waals surface area contributed by atoms with Crippen LogP contribution in [-0.4, -0.2) is 22.1 Å². The van der Waals surface area contributed by atoms with Gasteiger partial charge in [-0.25, -0.2) is 4.39 Å². The van der Waals surface area contributed by atoms with Crippen LogP contribution < -0.4 is 0 Å². The molecule has 0 saturated heterocycles. The summed E-state index contributed by atoms with van der Waals surface area (Å²) in [6.07, 6.45) is 0. The molecule has 24 heavy (non-hydrogen) atoms. The summed E-state index contributed by atoms with van der Waals surface area (Å²) in [6.45, 7) is 6.71. The summed E-state index contributed by atoms with van der Waals surface area (Å²) in [5, 5.41) is 6.14. The van der Waals surface area contributed by atoms with E-state index in [1.54, 1.807) is 30.4 Å². The van der Waals surface area contributed by atoms with Crippen LogP contribution in [0.3, 0.4) is 0 Å². The SMILES string of the molecule is Cc1cc(-c2noc(C(C)N(C)Cc3sccc3C)n2)ccc1F.